The summed E-state index contributed by atoms with van der Waals surface area (Å²) in [7, 11) is -5.43. The van der Waals surface area contributed by atoms with E-state index in [4.69, 9.17) is 13.3 Å². The van der Waals surface area contributed by atoms with Crippen molar-refractivity contribution in [2.75, 3.05) is 6.61 Å². The third-order valence-electron chi connectivity index (χ3n) is 10.2. The Bertz CT molecular complexity index is 894. The second-order valence-corrected chi connectivity index (χ2v) is 31.6. The van der Waals surface area contributed by atoms with Gasteiger partial charge in [-0.25, -0.2) is 0 Å². The highest BCUT2D eigenvalue weighted by atomic mass is 28.4. The third-order valence-corrected chi connectivity index (χ3v) is 23.7. The molecule has 0 aromatic carbocycles. The van der Waals surface area contributed by atoms with E-state index in [1.807, 2.05) is 0 Å². The van der Waals surface area contributed by atoms with E-state index in [1.54, 1.807) is 0 Å². The lowest BCUT2D eigenvalue weighted by molar-refractivity contribution is 0.204. The topological polar surface area (TPSA) is 27.7 Å². The van der Waals surface area contributed by atoms with E-state index < -0.39 is 25.0 Å². The fourth-order valence-electron chi connectivity index (χ4n) is 3.83. The van der Waals surface area contributed by atoms with Crippen molar-refractivity contribution < 1.29 is 13.3 Å². The maximum atomic E-state index is 6.86. The van der Waals surface area contributed by atoms with Crippen LogP contribution in [0.4, 0.5) is 0 Å². The molecule has 0 radical (unpaired) electrons. The molecule has 0 aromatic heterocycles. The number of unbranched alkanes of at least 4 members (excludes halogenated alkanes) is 4. The SMILES string of the molecule is CCCCC/C=C\C[C@H](/C=C/C=C/C=C/[C@H](CCCCO[Si](C)(C)C(C)(C)C)O[Si](C)(C)C(C)(C)C)O[Si](C)(C)C(C)(C)C. The van der Waals surface area contributed by atoms with Gasteiger partial charge >= 0.3 is 0 Å². The van der Waals surface area contributed by atoms with E-state index in [1.165, 1.54) is 19.3 Å². The Kier molecular flexibility index (Phi) is 19.1. The van der Waals surface area contributed by atoms with E-state index in [-0.39, 0.29) is 27.3 Å². The standard InChI is InChI=1S/C38H76O3Si3/c1-17-18-19-20-21-24-29-34(40-43(13,14)37(5,6)7)30-25-22-23-26-31-35(41-44(15,16)38(8,9)10)32-27-28-33-39-42(11,12)36(2,3)4/h21-26,30-31,34-35H,17-20,27-29,32-33H2,1-16H3/b23-22+,24-21-,30-25+,31-26+/t34-,35-/m1/s1. The normalized spacial score (nSPS) is 16.3. The molecule has 0 saturated carbocycles. The minimum Gasteiger partial charge on any atom is -0.417 e. The Labute approximate surface area is 279 Å². The van der Waals surface area contributed by atoms with Gasteiger partial charge in [-0.3, -0.25) is 0 Å². The van der Waals surface area contributed by atoms with Gasteiger partial charge in [0.05, 0.1) is 12.2 Å². The monoisotopic (exact) mass is 665 g/mol. The molecule has 0 fully saturated rings. The Morgan fingerprint density at radius 1 is 0.545 bits per heavy atom. The summed E-state index contributed by atoms with van der Waals surface area (Å²) in [5.74, 6) is 0. The maximum Gasteiger partial charge on any atom is 0.192 e. The predicted octanol–water partition coefficient (Wildman–Crippen LogP) is 13.2. The van der Waals surface area contributed by atoms with Crippen molar-refractivity contribution in [3.63, 3.8) is 0 Å². The molecule has 0 aromatic rings. The zero-order chi connectivity index (χ0) is 34.3. The van der Waals surface area contributed by atoms with Gasteiger partial charge in [0.15, 0.2) is 25.0 Å². The van der Waals surface area contributed by atoms with Gasteiger partial charge in [0.2, 0.25) is 0 Å². The Hall–Kier alpha value is -0.509. The summed E-state index contributed by atoms with van der Waals surface area (Å²) in [6.07, 6.45) is 27.2. The predicted molar refractivity (Wildman–Crippen MR) is 206 cm³/mol. The highest BCUT2D eigenvalue weighted by molar-refractivity contribution is 6.75. The van der Waals surface area contributed by atoms with Crippen molar-refractivity contribution >= 4 is 25.0 Å². The molecular weight excluding hydrogens is 589 g/mol. The highest BCUT2D eigenvalue weighted by Gasteiger charge is 2.40. The van der Waals surface area contributed by atoms with Crippen molar-refractivity contribution in [3.8, 4) is 0 Å². The van der Waals surface area contributed by atoms with Crippen molar-refractivity contribution in [1.82, 2.24) is 0 Å². The van der Waals surface area contributed by atoms with Crippen LogP contribution < -0.4 is 0 Å². The quantitative estimate of drug-likeness (QED) is 0.0561. The summed E-state index contributed by atoms with van der Waals surface area (Å²) in [6.45, 7) is 38.0. The van der Waals surface area contributed by atoms with Crippen LogP contribution in [0.2, 0.25) is 54.4 Å². The summed E-state index contributed by atoms with van der Waals surface area (Å²) in [6, 6.07) is 0. The first-order chi connectivity index (χ1) is 20.0. The molecule has 0 aliphatic carbocycles. The second kappa shape index (κ2) is 19.3. The molecule has 258 valence electrons. The molecule has 44 heavy (non-hydrogen) atoms. The van der Waals surface area contributed by atoms with Crippen LogP contribution in [0, 0.1) is 0 Å². The van der Waals surface area contributed by atoms with Crippen molar-refractivity contribution in [1.29, 1.82) is 0 Å². The van der Waals surface area contributed by atoms with Gasteiger partial charge in [0.25, 0.3) is 0 Å². The summed E-state index contributed by atoms with van der Waals surface area (Å²) in [4.78, 5) is 0. The first kappa shape index (κ1) is 43.5. The first-order valence-electron chi connectivity index (χ1n) is 17.6. The third kappa shape index (κ3) is 17.4. The van der Waals surface area contributed by atoms with Gasteiger partial charge in [0, 0.05) is 6.61 Å². The average molecular weight is 665 g/mol. The minimum atomic E-state index is -1.88. The molecule has 0 rings (SSSR count). The van der Waals surface area contributed by atoms with Crippen molar-refractivity contribution in [2.24, 2.45) is 0 Å². The number of allylic oxidation sites excluding steroid dienone is 5. The van der Waals surface area contributed by atoms with E-state index in [0.29, 0.717) is 0 Å². The van der Waals surface area contributed by atoms with Crippen LogP contribution in [0.5, 0.6) is 0 Å². The van der Waals surface area contributed by atoms with E-state index in [0.717, 1.165) is 38.7 Å². The number of hydrogen-bond acceptors (Lipinski definition) is 3. The Morgan fingerprint density at radius 3 is 1.50 bits per heavy atom. The molecule has 0 spiro atoms. The van der Waals surface area contributed by atoms with E-state index in [2.05, 4.69) is 157 Å². The Balaban J connectivity index is 5.44. The molecule has 0 unspecified atom stereocenters. The number of rotatable bonds is 20. The van der Waals surface area contributed by atoms with Crippen molar-refractivity contribution in [2.45, 2.75) is 187 Å². The fourth-order valence-corrected chi connectivity index (χ4v) is 7.51. The molecule has 0 saturated heterocycles. The first-order valence-corrected chi connectivity index (χ1v) is 26.4. The lowest BCUT2D eigenvalue weighted by Gasteiger charge is -2.39. The van der Waals surface area contributed by atoms with Gasteiger partial charge < -0.3 is 13.3 Å². The summed E-state index contributed by atoms with van der Waals surface area (Å²) in [5, 5.41) is 0.636. The molecule has 0 amide bonds. The molecule has 0 aliphatic heterocycles. The van der Waals surface area contributed by atoms with Gasteiger partial charge in [-0.2, -0.15) is 0 Å². The molecule has 6 heteroatoms. The molecule has 3 nitrogen and oxygen atoms in total. The van der Waals surface area contributed by atoms with E-state index in [9.17, 15) is 0 Å². The van der Waals surface area contributed by atoms with Gasteiger partial charge in [-0.1, -0.05) is 131 Å². The summed E-state index contributed by atoms with van der Waals surface area (Å²) in [5.41, 5.74) is 0. The zero-order valence-electron chi connectivity index (χ0n) is 32.4. The fraction of sp³-hybridized carbons (Fsp3) is 0.789. The molecular formula is C38H76O3Si3. The van der Waals surface area contributed by atoms with Gasteiger partial charge in [-0.15, -0.1) is 0 Å². The average Bonchev–Trinajstić information content (AvgIpc) is 2.85. The van der Waals surface area contributed by atoms with Gasteiger partial charge in [0.1, 0.15) is 0 Å². The molecule has 0 heterocycles. The molecule has 0 aliphatic rings. The lowest BCUT2D eigenvalue weighted by atomic mass is 10.1. The van der Waals surface area contributed by atoms with Crippen LogP contribution in [0.1, 0.15) is 121 Å². The summed E-state index contributed by atoms with van der Waals surface area (Å²) >= 11 is 0. The van der Waals surface area contributed by atoms with Crippen LogP contribution in [-0.4, -0.2) is 43.8 Å². The van der Waals surface area contributed by atoms with Crippen molar-refractivity contribution in [3.05, 3.63) is 48.6 Å². The van der Waals surface area contributed by atoms with Crippen LogP contribution in [-0.2, 0) is 13.3 Å². The van der Waals surface area contributed by atoms with Crippen LogP contribution in [0.3, 0.4) is 0 Å². The second-order valence-electron chi connectivity index (χ2n) is 17.3. The van der Waals surface area contributed by atoms with Gasteiger partial charge in [-0.05, 0) is 92.9 Å². The highest BCUT2D eigenvalue weighted by Crippen LogP contribution is 2.39. The smallest absolute Gasteiger partial charge is 0.192 e. The zero-order valence-corrected chi connectivity index (χ0v) is 35.4. The van der Waals surface area contributed by atoms with Crippen LogP contribution in [0.15, 0.2) is 48.6 Å². The summed E-state index contributed by atoms with van der Waals surface area (Å²) < 4.78 is 20.1. The lowest BCUT2D eigenvalue weighted by Crippen LogP contribution is -2.43. The number of hydrogen-bond donors (Lipinski definition) is 0. The van der Waals surface area contributed by atoms with Crippen LogP contribution >= 0.6 is 0 Å². The molecule has 2 atom stereocenters. The Morgan fingerprint density at radius 2 is 1.02 bits per heavy atom. The largest absolute Gasteiger partial charge is 0.417 e. The van der Waals surface area contributed by atoms with Crippen LogP contribution in [0.25, 0.3) is 0 Å². The van der Waals surface area contributed by atoms with E-state index >= 15 is 0 Å². The molecule has 0 N–H and O–H groups in total. The minimum absolute atomic E-state index is 0.107. The molecule has 0 bridgehead atoms. The maximum absolute atomic E-state index is 6.86.